The highest BCUT2D eigenvalue weighted by atomic mass is 35.5. The largest absolute Gasteiger partial charge is 0.365 e. The van der Waals surface area contributed by atoms with E-state index in [4.69, 9.17) is 17.3 Å². The van der Waals surface area contributed by atoms with Crippen molar-refractivity contribution in [3.8, 4) is 0 Å². The van der Waals surface area contributed by atoms with Gasteiger partial charge in [0, 0.05) is 0 Å². The van der Waals surface area contributed by atoms with Crippen molar-refractivity contribution in [1.82, 2.24) is 0 Å². The van der Waals surface area contributed by atoms with Crippen molar-refractivity contribution in [2.75, 3.05) is 4.72 Å². The van der Waals surface area contributed by atoms with E-state index in [9.17, 15) is 17.6 Å². The van der Waals surface area contributed by atoms with Crippen LogP contribution in [0.4, 0.5) is 10.1 Å². The van der Waals surface area contributed by atoms with E-state index in [0.717, 1.165) is 6.07 Å². The molecule has 0 unspecified atom stereocenters. The molecule has 0 aliphatic carbocycles. The van der Waals surface area contributed by atoms with Crippen LogP contribution >= 0.6 is 11.6 Å². The second kappa shape index (κ2) is 5.94. The molecule has 22 heavy (non-hydrogen) atoms. The third-order valence-electron chi connectivity index (χ3n) is 2.95. The molecule has 2 aromatic rings. The first-order valence-electron chi connectivity index (χ1n) is 6.10. The number of benzene rings is 2. The van der Waals surface area contributed by atoms with Gasteiger partial charge in [-0.25, -0.2) is 12.8 Å². The lowest BCUT2D eigenvalue weighted by Crippen LogP contribution is -2.20. The highest BCUT2D eigenvalue weighted by molar-refractivity contribution is 7.92. The Hall–Kier alpha value is -2.12. The molecule has 2 aromatic carbocycles. The molecule has 3 N–H and O–H groups in total. The number of anilines is 1. The Bertz CT molecular complexity index is 853. The molecule has 0 saturated heterocycles. The summed E-state index contributed by atoms with van der Waals surface area (Å²) in [6, 6.07) is 8.14. The maximum absolute atomic E-state index is 14.0. The van der Waals surface area contributed by atoms with Gasteiger partial charge in [-0.05, 0) is 30.7 Å². The Balaban J connectivity index is 2.53. The number of nitrogens with two attached hydrogens (primary N) is 1. The molecule has 0 aliphatic heterocycles. The molecule has 0 fully saturated rings. The maximum atomic E-state index is 14.0. The van der Waals surface area contributed by atoms with Crippen LogP contribution in [0.15, 0.2) is 41.3 Å². The highest BCUT2D eigenvalue weighted by Crippen LogP contribution is 2.27. The summed E-state index contributed by atoms with van der Waals surface area (Å²) in [6.07, 6.45) is 0. The van der Waals surface area contributed by atoms with Crippen molar-refractivity contribution < 1.29 is 17.6 Å². The van der Waals surface area contributed by atoms with Crippen LogP contribution in [-0.2, 0) is 10.0 Å². The van der Waals surface area contributed by atoms with Gasteiger partial charge in [0.25, 0.3) is 15.9 Å². The van der Waals surface area contributed by atoms with E-state index in [-0.39, 0.29) is 21.8 Å². The fourth-order valence-electron chi connectivity index (χ4n) is 1.89. The van der Waals surface area contributed by atoms with Crippen LogP contribution in [0, 0.1) is 12.7 Å². The first-order chi connectivity index (χ1) is 10.2. The third-order valence-corrected chi connectivity index (χ3v) is 4.65. The molecular weight excluding hydrogens is 331 g/mol. The molecule has 0 aromatic heterocycles. The molecule has 0 saturated carbocycles. The first-order valence-corrected chi connectivity index (χ1v) is 7.96. The van der Waals surface area contributed by atoms with Crippen LogP contribution in [-0.4, -0.2) is 14.3 Å². The van der Waals surface area contributed by atoms with Crippen molar-refractivity contribution >= 4 is 33.2 Å². The van der Waals surface area contributed by atoms with Crippen LogP contribution in [0.3, 0.4) is 0 Å². The quantitative estimate of drug-likeness (QED) is 0.895. The number of carbonyl (C=O) groups excluding carboxylic acids is 1. The number of nitrogens with one attached hydrogen (secondary N) is 1. The van der Waals surface area contributed by atoms with Gasteiger partial charge < -0.3 is 5.73 Å². The van der Waals surface area contributed by atoms with E-state index in [2.05, 4.69) is 4.72 Å². The molecule has 5 nitrogen and oxygen atoms in total. The normalized spacial score (nSPS) is 11.2. The lowest BCUT2D eigenvalue weighted by molar-refractivity contribution is 0.100. The minimum Gasteiger partial charge on any atom is -0.365 e. The van der Waals surface area contributed by atoms with Gasteiger partial charge in [-0.1, -0.05) is 29.8 Å². The van der Waals surface area contributed by atoms with Crippen molar-refractivity contribution in [3.05, 3.63) is 58.4 Å². The predicted octanol–water partition coefficient (Wildman–Crippen LogP) is 2.69. The molecule has 0 heterocycles. The maximum Gasteiger partial charge on any atom is 0.264 e. The monoisotopic (exact) mass is 342 g/mol. The average molecular weight is 343 g/mol. The summed E-state index contributed by atoms with van der Waals surface area (Å²) in [7, 11) is -4.23. The summed E-state index contributed by atoms with van der Waals surface area (Å²) in [4.78, 5) is 10.9. The second-order valence-corrected chi connectivity index (χ2v) is 6.58. The van der Waals surface area contributed by atoms with Crippen LogP contribution in [0.25, 0.3) is 0 Å². The summed E-state index contributed by atoms with van der Waals surface area (Å²) >= 11 is 5.85. The summed E-state index contributed by atoms with van der Waals surface area (Å²) in [6.45, 7) is 1.45. The van der Waals surface area contributed by atoms with E-state index in [1.807, 2.05) is 0 Å². The van der Waals surface area contributed by atoms with Gasteiger partial charge in [-0.3, -0.25) is 9.52 Å². The number of primary amides is 1. The van der Waals surface area contributed by atoms with E-state index < -0.39 is 26.6 Å². The second-order valence-electron chi connectivity index (χ2n) is 4.52. The molecule has 1 amide bonds. The Morgan fingerprint density at radius 2 is 1.86 bits per heavy atom. The van der Waals surface area contributed by atoms with Gasteiger partial charge in [0.05, 0.1) is 16.3 Å². The van der Waals surface area contributed by atoms with Gasteiger partial charge in [0.1, 0.15) is 10.7 Å². The highest BCUT2D eigenvalue weighted by Gasteiger charge is 2.23. The Morgan fingerprint density at radius 1 is 1.23 bits per heavy atom. The van der Waals surface area contributed by atoms with Crippen LogP contribution in [0.1, 0.15) is 15.9 Å². The van der Waals surface area contributed by atoms with Crippen molar-refractivity contribution in [3.63, 3.8) is 0 Å². The Labute approximate surface area is 131 Å². The van der Waals surface area contributed by atoms with E-state index in [1.165, 1.54) is 37.3 Å². The Kier molecular flexibility index (Phi) is 4.39. The summed E-state index contributed by atoms with van der Waals surface area (Å²) in [5, 5.41) is -0.00239. The number of sulfonamides is 1. The average Bonchev–Trinajstić information content (AvgIpc) is 2.40. The van der Waals surface area contributed by atoms with E-state index in [1.54, 1.807) is 0 Å². The standard InChI is InChI=1S/C14H12ClFN2O3S/c1-8-4-2-7-11(13(8)16)22(20,21)18-10-6-3-5-9(15)12(10)14(17)19/h2-7,18H,1H3,(H2,17,19). The SMILES string of the molecule is Cc1cccc(S(=O)(=O)Nc2cccc(Cl)c2C(N)=O)c1F. The van der Waals surface area contributed by atoms with Crippen molar-refractivity contribution in [1.29, 1.82) is 0 Å². The zero-order chi connectivity index (χ0) is 16.5. The minimum absolute atomic E-state index is 0.00239. The Morgan fingerprint density at radius 3 is 2.50 bits per heavy atom. The summed E-state index contributed by atoms with van der Waals surface area (Å²) in [5.41, 5.74) is 5.09. The molecule has 0 spiro atoms. The zero-order valence-electron chi connectivity index (χ0n) is 11.4. The molecular formula is C14H12ClFN2O3S. The van der Waals surface area contributed by atoms with Gasteiger partial charge in [-0.2, -0.15) is 0 Å². The molecule has 0 radical (unpaired) electrons. The van der Waals surface area contributed by atoms with Gasteiger partial charge in [0.15, 0.2) is 0 Å². The van der Waals surface area contributed by atoms with E-state index in [0.29, 0.717) is 0 Å². The lowest BCUT2D eigenvalue weighted by atomic mass is 10.2. The molecule has 0 aliphatic rings. The van der Waals surface area contributed by atoms with E-state index >= 15 is 0 Å². The number of hydrogen-bond acceptors (Lipinski definition) is 3. The van der Waals surface area contributed by atoms with Crippen LogP contribution < -0.4 is 10.5 Å². The summed E-state index contributed by atoms with van der Waals surface area (Å²) < 4.78 is 40.8. The third kappa shape index (κ3) is 3.05. The smallest absolute Gasteiger partial charge is 0.264 e. The molecule has 0 atom stereocenters. The number of amides is 1. The molecule has 0 bridgehead atoms. The van der Waals surface area contributed by atoms with Crippen molar-refractivity contribution in [2.45, 2.75) is 11.8 Å². The number of rotatable bonds is 4. The van der Waals surface area contributed by atoms with Gasteiger partial charge >= 0.3 is 0 Å². The first kappa shape index (κ1) is 16.3. The van der Waals surface area contributed by atoms with Crippen LogP contribution in [0.5, 0.6) is 0 Å². The fraction of sp³-hybridized carbons (Fsp3) is 0.0714. The zero-order valence-corrected chi connectivity index (χ0v) is 13.0. The van der Waals surface area contributed by atoms with Crippen LogP contribution in [0.2, 0.25) is 5.02 Å². The number of aryl methyl sites for hydroxylation is 1. The fourth-order valence-corrected chi connectivity index (χ4v) is 3.38. The molecule has 2 rings (SSSR count). The lowest BCUT2D eigenvalue weighted by Gasteiger charge is -2.13. The van der Waals surface area contributed by atoms with Gasteiger partial charge in [-0.15, -0.1) is 0 Å². The topological polar surface area (TPSA) is 89.3 Å². The number of carbonyl (C=O) groups is 1. The molecule has 8 heteroatoms. The molecule has 116 valence electrons. The predicted molar refractivity (Wildman–Crippen MR) is 81.9 cm³/mol. The summed E-state index contributed by atoms with van der Waals surface area (Å²) in [5.74, 6) is -1.76. The van der Waals surface area contributed by atoms with Crippen molar-refractivity contribution in [2.24, 2.45) is 5.73 Å². The number of halogens is 2. The van der Waals surface area contributed by atoms with Gasteiger partial charge in [0.2, 0.25) is 0 Å². The minimum atomic E-state index is -4.23. The number of hydrogen-bond donors (Lipinski definition) is 2.